The van der Waals surface area contributed by atoms with E-state index in [9.17, 15) is 4.79 Å². The molecule has 0 radical (unpaired) electrons. The summed E-state index contributed by atoms with van der Waals surface area (Å²) in [6.07, 6.45) is 4.09. The van der Waals surface area contributed by atoms with Crippen molar-refractivity contribution in [1.82, 2.24) is 10.3 Å². The number of ether oxygens (including phenoxy) is 2. The fourth-order valence-electron chi connectivity index (χ4n) is 3.21. The molecule has 1 N–H and O–H groups in total. The maximum absolute atomic E-state index is 12.5. The van der Waals surface area contributed by atoms with Crippen LogP contribution < -0.4 is 10.1 Å². The van der Waals surface area contributed by atoms with Gasteiger partial charge in [0.05, 0.1) is 11.6 Å². The zero-order valence-corrected chi connectivity index (χ0v) is 15.1. The van der Waals surface area contributed by atoms with E-state index in [1.54, 1.807) is 12.3 Å². The lowest BCUT2D eigenvalue weighted by Crippen LogP contribution is -2.22. The standard InChI is InChI=1S/C22H22N2O3/c25-22(18-8-9-21-17(13-18)5-2-10-23-21)24-14-16-4-1-6-19(12-16)27-15-20-7-3-11-26-20/h1-2,4-6,8-10,12-13,20H,3,7,11,14-15H2,(H,24,25). The third-order valence-electron chi connectivity index (χ3n) is 4.68. The second-order valence-electron chi connectivity index (χ2n) is 6.69. The van der Waals surface area contributed by atoms with Gasteiger partial charge in [0, 0.05) is 30.3 Å². The quantitative estimate of drug-likeness (QED) is 0.726. The van der Waals surface area contributed by atoms with Crippen molar-refractivity contribution in [2.45, 2.75) is 25.5 Å². The lowest BCUT2D eigenvalue weighted by Gasteiger charge is -2.12. The minimum atomic E-state index is -0.105. The predicted octanol–water partition coefficient (Wildman–Crippen LogP) is 3.72. The molecule has 1 aliphatic rings. The molecule has 0 spiro atoms. The molecule has 3 aromatic rings. The molecule has 1 fully saturated rings. The molecule has 0 aliphatic carbocycles. The third kappa shape index (κ3) is 4.44. The van der Waals surface area contributed by atoms with Crippen LogP contribution in [0.2, 0.25) is 0 Å². The Hall–Kier alpha value is -2.92. The molecule has 27 heavy (non-hydrogen) atoms. The number of pyridine rings is 1. The summed E-state index contributed by atoms with van der Waals surface area (Å²) in [4.78, 5) is 16.7. The Morgan fingerprint density at radius 1 is 1.19 bits per heavy atom. The van der Waals surface area contributed by atoms with E-state index in [0.29, 0.717) is 18.7 Å². The largest absolute Gasteiger partial charge is 0.491 e. The van der Waals surface area contributed by atoms with Crippen molar-refractivity contribution in [1.29, 1.82) is 0 Å². The molecule has 1 aromatic heterocycles. The molecule has 1 atom stereocenters. The summed E-state index contributed by atoms with van der Waals surface area (Å²) in [5.74, 6) is 0.695. The highest BCUT2D eigenvalue weighted by atomic mass is 16.5. The number of rotatable bonds is 6. The molecule has 138 valence electrons. The molecule has 2 aromatic carbocycles. The van der Waals surface area contributed by atoms with Crippen molar-refractivity contribution < 1.29 is 14.3 Å². The molecular formula is C22H22N2O3. The molecule has 5 nitrogen and oxygen atoms in total. The smallest absolute Gasteiger partial charge is 0.251 e. The van der Waals surface area contributed by atoms with Gasteiger partial charge in [0.15, 0.2) is 0 Å². The van der Waals surface area contributed by atoms with E-state index in [4.69, 9.17) is 9.47 Å². The van der Waals surface area contributed by atoms with Crippen LogP contribution in [0.4, 0.5) is 0 Å². The van der Waals surface area contributed by atoms with Crippen molar-refractivity contribution >= 4 is 16.8 Å². The van der Waals surface area contributed by atoms with Crippen molar-refractivity contribution in [3.05, 3.63) is 71.9 Å². The number of aromatic nitrogens is 1. The molecule has 1 amide bonds. The number of fused-ring (bicyclic) bond motifs is 1. The number of hydrogen-bond donors (Lipinski definition) is 1. The molecule has 0 bridgehead atoms. The minimum absolute atomic E-state index is 0.105. The maximum Gasteiger partial charge on any atom is 0.251 e. The van der Waals surface area contributed by atoms with Gasteiger partial charge in [0.25, 0.3) is 5.91 Å². The first kappa shape index (κ1) is 17.5. The second-order valence-corrected chi connectivity index (χ2v) is 6.69. The van der Waals surface area contributed by atoms with Crippen LogP contribution >= 0.6 is 0 Å². The van der Waals surface area contributed by atoms with Gasteiger partial charge < -0.3 is 14.8 Å². The first-order valence-corrected chi connectivity index (χ1v) is 9.24. The van der Waals surface area contributed by atoms with Gasteiger partial charge in [-0.25, -0.2) is 0 Å². The SMILES string of the molecule is O=C(NCc1cccc(OCC2CCCO2)c1)c1ccc2ncccc2c1. The van der Waals surface area contributed by atoms with E-state index in [1.165, 1.54) is 0 Å². The average Bonchev–Trinajstić information content (AvgIpc) is 3.24. The Morgan fingerprint density at radius 2 is 2.15 bits per heavy atom. The van der Waals surface area contributed by atoms with E-state index in [0.717, 1.165) is 41.7 Å². The van der Waals surface area contributed by atoms with Gasteiger partial charge in [0.2, 0.25) is 0 Å². The molecular weight excluding hydrogens is 340 g/mol. The van der Waals surface area contributed by atoms with Gasteiger partial charge in [-0.1, -0.05) is 18.2 Å². The highest BCUT2D eigenvalue weighted by Crippen LogP contribution is 2.18. The fraction of sp³-hybridized carbons (Fsp3) is 0.273. The summed E-state index contributed by atoms with van der Waals surface area (Å²) >= 11 is 0. The Labute approximate surface area is 158 Å². The van der Waals surface area contributed by atoms with Gasteiger partial charge in [-0.2, -0.15) is 0 Å². The van der Waals surface area contributed by atoms with Crippen molar-refractivity contribution in [2.75, 3.05) is 13.2 Å². The molecule has 2 heterocycles. The predicted molar refractivity (Wildman–Crippen MR) is 104 cm³/mol. The van der Waals surface area contributed by atoms with Gasteiger partial charge in [-0.05, 0) is 54.8 Å². The lowest BCUT2D eigenvalue weighted by atomic mass is 10.1. The van der Waals surface area contributed by atoms with Crippen LogP contribution in [0.15, 0.2) is 60.8 Å². The Balaban J connectivity index is 1.35. The Bertz CT molecular complexity index is 935. The summed E-state index contributed by atoms with van der Waals surface area (Å²) in [6.45, 7) is 1.84. The minimum Gasteiger partial charge on any atom is -0.491 e. The zero-order valence-electron chi connectivity index (χ0n) is 15.1. The van der Waals surface area contributed by atoms with Crippen LogP contribution in [0.3, 0.4) is 0 Å². The average molecular weight is 362 g/mol. The van der Waals surface area contributed by atoms with Crippen molar-refractivity contribution in [3.63, 3.8) is 0 Å². The van der Waals surface area contributed by atoms with Crippen LogP contribution in [0, 0.1) is 0 Å². The number of benzene rings is 2. The van der Waals surface area contributed by atoms with Crippen LogP contribution in [-0.2, 0) is 11.3 Å². The van der Waals surface area contributed by atoms with E-state index < -0.39 is 0 Å². The van der Waals surface area contributed by atoms with E-state index in [-0.39, 0.29) is 12.0 Å². The van der Waals surface area contributed by atoms with Crippen LogP contribution in [0.5, 0.6) is 5.75 Å². The lowest BCUT2D eigenvalue weighted by molar-refractivity contribution is 0.0679. The number of amides is 1. The topological polar surface area (TPSA) is 60.5 Å². The van der Waals surface area contributed by atoms with Gasteiger partial charge in [-0.15, -0.1) is 0 Å². The summed E-state index contributed by atoms with van der Waals surface area (Å²) in [7, 11) is 0. The van der Waals surface area contributed by atoms with Crippen LogP contribution in [0.25, 0.3) is 10.9 Å². The van der Waals surface area contributed by atoms with Crippen LogP contribution in [0.1, 0.15) is 28.8 Å². The summed E-state index contributed by atoms with van der Waals surface area (Å²) in [5.41, 5.74) is 2.50. The summed E-state index contributed by atoms with van der Waals surface area (Å²) < 4.78 is 11.4. The number of hydrogen-bond acceptors (Lipinski definition) is 4. The normalized spacial score (nSPS) is 16.4. The molecule has 1 aliphatic heterocycles. The molecule has 0 saturated carbocycles. The molecule has 1 unspecified atom stereocenters. The molecule has 1 saturated heterocycles. The van der Waals surface area contributed by atoms with E-state index in [2.05, 4.69) is 10.3 Å². The number of nitrogens with one attached hydrogen (secondary N) is 1. The third-order valence-corrected chi connectivity index (χ3v) is 4.68. The Morgan fingerprint density at radius 3 is 3.04 bits per heavy atom. The fourth-order valence-corrected chi connectivity index (χ4v) is 3.21. The number of carbonyl (C=O) groups is 1. The summed E-state index contributed by atoms with van der Waals surface area (Å²) in [5, 5.41) is 3.92. The van der Waals surface area contributed by atoms with Crippen molar-refractivity contribution in [2.24, 2.45) is 0 Å². The van der Waals surface area contributed by atoms with E-state index in [1.807, 2.05) is 48.5 Å². The van der Waals surface area contributed by atoms with Crippen LogP contribution in [-0.4, -0.2) is 30.2 Å². The van der Waals surface area contributed by atoms with Crippen molar-refractivity contribution in [3.8, 4) is 5.75 Å². The molecule has 4 rings (SSSR count). The highest BCUT2D eigenvalue weighted by molar-refractivity contribution is 5.97. The second kappa shape index (κ2) is 8.18. The number of nitrogens with zero attached hydrogens (tertiary/aromatic N) is 1. The maximum atomic E-state index is 12.5. The first-order valence-electron chi connectivity index (χ1n) is 9.24. The monoisotopic (exact) mass is 362 g/mol. The Kier molecular flexibility index (Phi) is 5.30. The zero-order chi connectivity index (χ0) is 18.5. The van der Waals surface area contributed by atoms with Gasteiger partial charge >= 0.3 is 0 Å². The number of carbonyl (C=O) groups excluding carboxylic acids is 1. The van der Waals surface area contributed by atoms with E-state index >= 15 is 0 Å². The van der Waals surface area contributed by atoms with Gasteiger partial charge in [-0.3, -0.25) is 9.78 Å². The van der Waals surface area contributed by atoms with Gasteiger partial charge in [0.1, 0.15) is 12.4 Å². The molecule has 5 heteroatoms. The highest BCUT2D eigenvalue weighted by Gasteiger charge is 2.16. The summed E-state index contributed by atoms with van der Waals surface area (Å²) in [6, 6.07) is 17.1. The first-order chi connectivity index (χ1) is 13.3.